The van der Waals surface area contributed by atoms with Crippen LogP contribution in [0.1, 0.15) is 6.42 Å². The molecule has 1 amide bonds. The maximum Gasteiger partial charge on any atom is 0.264 e. The van der Waals surface area contributed by atoms with Crippen molar-refractivity contribution in [3.63, 3.8) is 0 Å². The van der Waals surface area contributed by atoms with Gasteiger partial charge in [-0.05, 0) is 24.3 Å². The van der Waals surface area contributed by atoms with Gasteiger partial charge in [0.15, 0.2) is 5.65 Å². The molecule has 8 nitrogen and oxygen atoms in total. The van der Waals surface area contributed by atoms with Crippen molar-refractivity contribution in [3.05, 3.63) is 47.1 Å². The molecule has 2 aromatic heterocycles. The quantitative estimate of drug-likeness (QED) is 0.759. The van der Waals surface area contributed by atoms with Crippen LogP contribution in [-0.2, 0) is 18.4 Å². The lowest BCUT2D eigenvalue weighted by Crippen LogP contribution is -2.23. The molecule has 0 aliphatic carbocycles. The summed E-state index contributed by atoms with van der Waals surface area (Å²) in [6.45, 7) is 0.249. The minimum atomic E-state index is -0.203. The highest BCUT2D eigenvalue weighted by Crippen LogP contribution is 2.15. The smallest absolute Gasteiger partial charge is 0.264 e. The van der Waals surface area contributed by atoms with Crippen molar-refractivity contribution in [3.8, 4) is 5.75 Å². The van der Waals surface area contributed by atoms with Crippen LogP contribution in [0.15, 0.2) is 41.6 Å². The van der Waals surface area contributed by atoms with Crippen LogP contribution in [0.4, 0.5) is 5.69 Å². The number of amides is 1. The van der Waals surface area contributed by atoms with E-state index in [0.29, 0.717) is 16.7 Å². The van der Waals surface area contributed by atoms with Crippen molar-refractivity contribution >= 4 is 22.6 Å². The summed E-state index contributed by atoms with van der Waals surface area (Å²) in [5, 5.41) is 7.23. The highest BCUT2D eigenvalue weighted by Gasteiger charge is 2.09. The van der Waals surface area contributed by atoms with Crippen molar-refractivity contribution in [1.82, 2.24) is 19.3 Å². The van der Waals surface area contributed by atoms with Crippen LogP contribution in [0, 0.1) is 0 Å². The minimum absolute atomic E-state index is 0.166. The zero-order valence-electron chi connectivity index (χ0n) is 13.4. The molecular formula is C16H17N5O3. The second-order valence-corrected chi connectivity index (χ2v) is 5.28. The number of methoxy groups -OCH3 is 1. The first-order valence-corrected chi connectivity index (χ1v) is 7.39. The van der Waals surface area contributed by atoms with E-state index in [0.717, 1.165) is 5.75 Å². The lowest BCUT2D eigenvalue weighted by molar-refractivity contribution is -0.116. The predicted octanol–water partition coefficient (Wildman–Crippen LogP) is 1.17. The van der Waals surface area contributed by atoms with Crippen LogP contribution < -0.4 is 15.6 Å². The molecular weight excluding hydrogens is 310 g/mol. The van der Waals surface area contributed by atoms with Gasteiger partial charge in [0.05, 0.1) is 19.6 Å². The summed E-state index contributed by atoms with van der Waals surface area (Å²) in [5.74, 6) is 0.536. The number of rotatable bonds is 5. The lowest BCUT2D eigenvalue weighted by atomic mass is 10.3. The number of aryl methyl sites for hydroxylation is 2. The molecule has 1 N–H and O–H groups in total. The molecule has 124 valence electrons. The Hall–Kier alpha value is -3.16. The lowest BCUT2D eigenvalue weighted by Gasteiger charge is -2.07. The molecule has 0 unspecified atom stereocenters. The Morgan fingerprint density at radius 3 is 2.75 bits per heavy atom. The number of nitrogens with zero attached hydrogens (tertiary/aromatic N) is 4. The van der Waals surface area contributed by atoms with Gasteiger partial charge < -0.3 is 10.1 Å². The molecule has 3 aromatic rings. The summed E-state index contributed by atoms with van der Waals surface area (Å²) in [6, 6.07) is 7.04. The third kappa shape index (κ3) is 3.12. The van der Waals surface area contributed by atoms with E-state index in [4.69, 9.17) is 4.74 Å². The van der Waals surface area contributed by atoms with Crippen molar-refractivity contribution in [2.75, 3.05) is 12.4 Å². The van der Waals surface area contributed by atoms with Gasteiger partial charge >= 0.3 is 0 Å². The fraction of sp³-hybridized carbons (Fsp3) is 0.250. The Bertz CT molecular complexity index is 927. The molecule has 0 bridgehead atoms. The van der Waals surface area contributed by atoms with Crippen LogP contribution >= 0.6 is 0 Å². The third-order valence-corrected chi connectivity index (χ3v) is 3.67. The summed E-state index contributed by atoms with van der Waals surface area (Å²) >= 11 is 0. The molecule has 24 heavy (non-hydrogen) atoms. The fourth-order valence-corrected chi connectivity index (χ4v) is 2.35. The number of benzene rings is 1. The van der Waals surface area contributed by atoms with Crippen LogP contribution in [0.3, 0.4) is 0 Å². The van der Waals surface area contributed by atoms with E-state index in [1.54, 1.807) is 38.4 Å². The molecule has 8 heteroatoms. The van der Waals surface area contributed by atoms with E-state index in [9.17, 15) is 9.59 Å². The highest BCUT2D eigenvalue weighted by atomic mass is 16.5. The van der Waals surface area contributed by atoms with Gasteiger partial charge in [0, 0.05) is 25.7 Å². The van der Waals surface area contributed by atoms with Gasteiger partial charge in [-0.1, -0.05) is 0 Å². The summed E-state index contributed by atoms with van der Waals surface area (Å²) < 4.78 is 8.02. The topological polar surface area (TPSA) is 91.0 Å². The Balaban J connectivity index is 1.65. The highest BCUT2D eigenvalue weighted by molar-refractivity contribution is 5.90. The molecule has 1 aromatic carbocycles. The Morgan fingerprint density at radius 1 is 1.29 bits per heavy atom. The largest absolute Gasteiger partial charge is 0.497 e. The summed E-state index contributed by atoms with van der Waals surface area (Å²) in [5.41, 5.74) is 0.998. The summed E-state index contributed by atoms with van der Waals surface area (Å²) in [7, 11) is 3.31. The molecule has 0 aliphatic rings. The van der Waals surface area contributed by atoms with Crippen molar-refractivity contribution in [2.24, 2.45) is 7.05 Å². The van der Waals surface area contributed by atoms with Gasteiger partial charge in [-0.15, -0.1) is 0 Å². The fourth-order valence-electron chi connectivity index (χ4n) is 2.35. The Labute approximate surface area is 137 Å². The first-order chi connectivity index (χ1) is 11.6. The number of ether oxygens (including phenoxy) is 1. The van der Waals surface area contributed by atoms with E-state index in [2.05, 4.69) is 15.4 Å². The third-order valence-electron chi connectivity index (χ3n) is 3.67. The molecule has 0 saturated heterocycles. The van der Waals surface area contributed by atoms with E-state index in [-0.39, 0.29) is 24.4 Å². The van der Waals surface area contributed by atoms with Crippen molar-refractivity contribution in [2.45, 2.75) is 13.0 Å². The van der Waals surface area contributed by atoms with Crippen LogP contribution in [-0.4, -0.2) is 32.3 Å². The number of hydrogen-bond acceptors (Lipinski definition) is 5. The number of hydrogen-bond donors (Lipinski definition) is 1. The molecule has 0 fully saturated rings. The first-order valence-electron chi connectivity index (χ1n) is 7.39. The van der Waals surface area contributed by atoms with Crippen LogP contribution in [0.2, 0.25) is 0 Å². The maximum absolute atomic E-state index is 12.3. The van der Waals surface area contributed by atoms with E-state index in [1.807, 2.05) is 0 Å². The second kappa shape index (κ2) is 6.53. The van der Waals surface area contributed by atoms with E-state index < -0.39 is 0 Å². The minimum Gasteiger partial charge on any atom is -0.497 e. The summed E-state index contributed by atoms with van der Waals surface area (Å²) in [4.78, 5) is 28.5. The zero-order chi connectivity index (χ0) is 17.1. The van der Waals surface area contributed by atoms with Gasteiger partial charge in [0.2, 0.25) is 5.91 Å². The van der Waals surface area contributed by atoms with Gasteiger partial charge in [-0.2, -0.15) is 5.10 Å². The number of fused-ring (bicyclic) bond motifs is 1. The second-order valence-electron chi connectivity index (χ2n) is 5.28. The molecule has 0 spiro atoms. The van der Waals surface area contributed by atoms with Gasteiger partial charge in [0.25, 0.3) is 5.56 Å². The molecule has 0 radical (unpaired) electrons. The Morgan fingerprint density at radius 2 is 2.04 bits per heavy atom. The number of nitrogens with one attached hydrogen (secondary N) is 1. The first kappa shape index (κ1) is 15.7. The van der Waals surface area contributed by atoms with E-state index in [1.165, 1.54) is 21.8 Å². The van der Waals surface area contributed by atoms with E-state index >= 15 is 0 Å². The monoisotopic (exact) mass is 327 g/mol. The number of anilines is 1. The van der Waals surface area contributed by atoms with Gasteiger partial charge in [0.1, 0.15) is 11.1 Å². The summed E-state index contributed by atoms with van der Waals surface area (Å²) in [6.07, 6.45) is 3.09. The van der Waals surface area contributed by atoms with Crippen molar-refractivity contribution < 1.29 is 9.53 Å². The standard InChI is InChI=1S/C16H17N5O3/c1-20-15-13(9-18-20)16(23)21(10-17-15)8-7-14(22)19-11-3-5-12(24-2)6-4-11/h3-6,9-10H,7-8H2,1-2H3,(H,19,22). The van der Waals surface area contributed by atoms with Crippen LogP contribution in [0.5, 0.6) is 5.75 Å². The predicted molar refractivity (Wildman–Crippen MR) is 89.0 cm³/mol. The average Bonchev–Trinajstić information content (AvgIpc) is 2.97. The van der Waals surface area contributed by atoms with Crippen LogP contribution in [0.25, 0.3) is 11.0 Å². The van der Waals surface area contributed by atoms with Gasteiger partial charge in [-0.25, -0.2) is 4.98 Å². The SMILES string of the molecule is COc1ccc(NC(=O)CCn2cnc3c(cnn3C)c2=O)cc1. The Kier molecular flexibility index (Phi) is 4.28. The number of carbonyl (C=O) groups is 1. The number of aromatic nitrogens is 4. The normalized spacial score (nSPS) is 10.8. The van der Waals surface area contributed by atoms with Gasteiger partial charge in [-0.3, -0.25) is 18.8 Å². The van der Waals surface area contributed by atoms with Crippen molar-refractivity contribution in [1.29, 1.82) is 0 Å². The number of carbonyl (C=O) groups excluding carboxylic acids is 1. The molecule has 0 saturated carbocycles. The molecule has 0 aliphatic heterocycles. The molecule has 2 heterocycles. The average molecular weight is 327 g/mol. The maximum atomic E-state index is 12.3. The molecule has 0 atom stereocenters. The zero-order valence-corrected chi connectivity index (χ0v) is 13.4. The molecule has 3 rings (SSSR count).